The Hall–Kier alpha value is -2.31. The summed E-state index contributed by atoms with van der Waals surface area (Å²) in [6.45, 7) is 2.05. The Balaban J connectivity index is 1.82. The van der Waals surface area contributed by atoms with Gasteiger partial charge in [-0.2, -0.15) is 4.98 Å². The molecule has 3 aromatic rings. The van der Waals surface area contributed by atoms with Crippen molar-refractivity contribution >= 4 is 29.1 Å². The fraction of sp³-hybridized carbons (Fsp3) is 0.167. The Morgan fingerprint density at radius 1 is 1.12 bits per heavy atom. The lowest BCUT2D eigenvalue weighted by Gasteiger charge is -2.19. The molecule has 0 bridgehead atoms. The van der Waals surface area contributed by atoms with Crippen LogP contribution in [0.3, 0.4) is 0 Å². The second kappa shape index (κ2) is 6.90. The van der Waals surface area contributed by atoms with Crippen LogP contribution in [0.2, 0.25) is 5.02 Å². The van der Waals surface area contributed by atoms with E-state index >= 15 is 0 Å². The van der Waals surface area contributed by atoms with Gasteiger partial charge in [-0.15, -0.1) is 10.2 Å². The number of halogens is 1. The van der Waals surface area contributed by atoms with E-state index < -0.39 is 6.23 Å². The molecule has 2 heterocycles. The molecular formula is C18H15ClN4OS. The van der Waals surface area contributed by atoms with Crippen molar-refractivity contribution in [1.82, 2.24) is 15.2 Å². The Morgan fingerprint density at radius 3 is 2.72 bits per heavy atom. The van der Waals surface area contributed by atoms with Crippen LogP contribution < -0.4 is 10.1 Å². The van der Waals surface area contributed by atoms with E-state index in [0.717, 1.165) is 22.6 Å². The summed E-state index contributed by atoms with van der Waals surface area (Å²) >= 11 is 7.54. The number of ether oxygens (including phenoxy) is 1. The van der Waals surface area contributed by atoms with Crippen LogP contribution in [0.1, 0.15) is 18.7 Å². The maximum atomic E-state index is 6.17. The van der Waals surface area contributed by atoms with E-state index in [9.17, 15) is 0 Å². The van der Waals surface area contributed by atoms with Gasteiger partial charge in [-0.3, -0.25) is 0 Å². The number of fused-ring (bicyclic) bond motifs is 3. The van der Waals surface area contributed by atoms with Gasteiger partial charge < -0.3 is 10.1 Å². The highest BCUT2D eigenvalue weighted by molar-refractivity contribution is 7.99. The molecule has 0 saturated heterocycles. The van der Waals surface area contributed by atoms with E-state index in [-0.39, 0.29) is 0 Å². The molecule has 5 nitrogen and oxygen atoms in total. The number of nitrogens with zero attached hydrogens (tertiary/aromatic N) is 3. The summed E-state index contributed by atoms with van der Waals surface area (Å²) in [5, 5.41) is 13.3. The van der Waals surface area contributed by atoms with Crippen LogP contribution in [0.15, 0.2) is 53.7 Å². The van der Waals surface area contributed by atoms with Gasteiger partial charge >= 0.3 is 0 Å². The molecule has 4 rings (SSSR count). The van der Waals surface area contributed by atoms with Gasteiger partial charge in [0.2, 0.25) is 11.0 Å². The summed E-state index contributed by atoms with van der Waals surface area (Å²) in [6.07, 6.45) is -0.393. The highest BCUT2D eigenvalue weighted by Crippen LogP contribution is 2.39. The number of benzene rings is 2. The fourth-order valence-corrected chi connectivity index (χ4v) is 3.26. The van der Waals surface area contributed by atoms with E-state index in [0.29, 0.717) is 21.8 Å². The highest BCUT2D eigenvalue weighted by Gasteiger charge is 2.25. The molecule has 25 heavy (non-hydrogen) atoms. The minimum Gasteiger partial charge on any atom is -0.448 e. The normalized spacial score (nSPS) is 15.4. The summed E-state index contributed by atoms with van der Waals surface area (Å²) < 4.78 is 6.17. The average Bonchev–Trinajstić information content (AvgIpc) is 2.79. The predicted molar refractivity (Wildman–Crippen MR) is 100 cm³/mol. The van der Waals surface area contributed by atoms with Crippen molar-refractivity contribution < 1.29 is 4.74 Å². The maximum Gasteiger partial charge on any atom is 0.247 e. The molecule has 7 heteroatoms. The predicted octanol–water partition coefficient (Wildman–Crippen LogP) is 4.81. The molecule has 0 unspecified atom stereocenters. The van der Waals surface area contributed by atoms with Gasteiger partial charge in [0.25, 0.3) is 0 Å². The third kappa shape index (κ3) is 3.27. The Labute approximate surface area is 154 Å². The molecule has 1 aromatic heterocycles. The summed E-state index contributed by atoms with van der Waals surface area (Å²) in [5.74, 6) is 1.35. The van der Waals surface area contributed by atoms with E-state index in [1.54, 1.807) is 0 Å². The molecule has 1 atom stereocenters. The zero-order valence-corrected chi connectivity index (χ0v) is 15.0. The van der Waals surface area contributed by atoms with Crippen LogP contribution in [0.4, 0.5) is 5.69 Å². The van der Waals surface area contributed by atoms with Gasteiger partial charge in [0, 0.05) is 21.8 Å². The fourth-order valence-electron chi connectivity index (χ4n) is 2.63. The maximum absolute atomic E-state index is 6.17. The van der Waals surface area contributed by atoms with Crippen LogP contribution in [-0.2, 0) is 0 Å². The second-order valence-electron chi connectivity index (χ2n) is 5.42. The molecule has 0 amide bonds. The van der Waals surface area contributed by atoms with Gasteiger partial charge in [0.1, 0.15) is 0 Å². The lowest BCUT2D eigenvalue weighted by Crippen LogP contribution is -2.17. The van der Waals surface area contributed by atoms with Crippen LogP contribution in [0.25, 0.3) is 11.3 Å². The number of para-hydroxylation sites is 1. The molecular weight excluding hydrogens is 356 g/mol. The van der Waals surface area contributed by atoms with Crippen LogP contribution >= 0.6 is 23.4 Å². The third-order valence-electron chi connectivity index (χ3n) is 3.78. The lowest BCUT2D eigenvalue weighted by atomic mass is 10.1. The third-order valence-corrected chi connectivity index (χ3v) is 4.75. The molecule has 0 radical (unpaired) electrons. The first-order chi connectivity index (χ1) is 12.2. The van der Waals surface area contributed by atoms with E-state index in [2.05, 4.69) is 20.5 Å². The number of rotatable bonds is 3. The van der Waals surface area contributed by atoms with Crippen molar-refractivity contribution in [3.63, 3.8) is 0 Å². The number of thioether (sulfide) groups is 1. The number of nitrogens with one attached hydrogen (secondary N) is 1. The zero-order chi connectivity index (χ0) is 17.2. The van der Waals surface area contributed by atoms with Crippen molar-refractivity contribution in [2.75, 3.05) is 11.1 Å². The standard InChI is InChI=1S/C18H15ClN4OS/c1-2-25-18-21-17-15(22-23-18)13-5-3-4-6-14(13)20-16(24-17)11-7-9-12(19)10-8-11/h3-10,16,20H,2H2,1H3/t16-/m1/s1. The van der Waals surface area contributed by atoms with Gasteiger partial charge in [0.15, 0.2) is 11.9 Å². The Kier molecular flexibility index (Phi) is 4.46. The van der Waals surface area contributed by atoms with Crippen molar-refractivity contribution in [1.29, 1.82) is 0 Å². The van der Waals surface area contributed by atoms with Crippen molar-refractivity contribution in [3.8, 4) is 17.1 Å². The van der Waals surface area contributed by atoms with Crippen molar-refractivity contribution in [2.45, 2.75) is 18.3 Å². The SMILES string of the molecule is CCSc1nnc2c(n1)O[C@H](c1ccc(Cl)cc1)Nc1ccccc1-2. The van der Waals surface area contributed by atoms with E-state index in [4.69, 9.17) is 16.3 Å². The second-order valence-corrected chi connectivity index (χ2v) is 7.09. The first-order valence-electron chi connectivity index (χ1n) is 7.90. The summed E-state index contributed by atoms with van der Waals surface area (Å²) in [4.78, 5) is 4.56. The highest BCUT2D eigenvalue weighted by atomic mass is 35.5. The molecule has 0 spiro atoms. The zero-order valence-electron chi connectivity index (χ0n) is 13.4. The summed E-state index contributed by atoms with van der Waals surface area (Å²) in [7, 11) is 0. The topological polar surface area (TPSA) is 59.9 Å². The molecule has 1 aliphatic rings. The van der Waals surface area contributed by atoms with Crippen molar-refractivity contribution in [3.05, 3.63) is 59.1 Å². The Morgan fingerprint density at radius 2 is 1.92 bits per heavy atom. The first-order valence-corrected chi connectivity index (χ1v) is 9.26. The molecule has 126 valence electrons. The van der Waals surface area contributed by atoms with Crippen LogP contribution in [-0.4, -0.2) is 20.9 Å². The quantitative estimate of drug-likeness (QED) is 0.668. The number of aromatic nitrogens is 3. The van der Waals surface area contributed by atoms with Gasteiger partial charge in [-0.05, 0) is 24.0 Å². The summed E-state index contributed by atoms with van der Waals surface area (Å²) in [6, 6.07) is 15.5. The smallest absolute Gasteiger partial charge is 0.247 e. The van der Waals surface area contributed by atoms with E-state index in [1.807, 2.05) is 55.5 Å². The molecule has 0 fully saturated rings. The summed E-state index contributed by atoms with van der Waals surface area (Å²) in [5.41, 5.74) is 3.44. The molecule has 0 aliphatic carbocycles. The lowest BCUT2D eigenvalue weighted by molar-refractivity contribution is 0.225. The van der Waals surface area contributed by atoms with Crippen molar-refractivity contribution in [2.24, 2.45) is 0 Å². The Bertz CT molecular complexity index is 904. The molecule has 2 aromatic carbocycles. The van der Waals surface area contributed by atoms with Gasteiger partial charge in [-0.1, -0.05) is 60.6 Å². The largest absolute Gasteiger partial charge is 0.448 e. The monoisotopic (exact) mass is 370 g/mol. The van der Waals surface area contributed by atoms with Crippen LogP contribution in [0.5, 0.6) is 5.88 Å². The van der Waals surface area contributed by atoms with Crippen LogP contribution in [0, 0.1) is 0 Å². The van der Waals surface area contributed by atoms with Gasteiger partial charge in [0.05, 0.1) is 0 Å². The minimum absolute atomic E-state index is 0.393. The molecule has 0 saturated carbocycles. The number of anilines is 1. The number of hydrogen-bond acceptors (Lipinski definition) is 6. The van der Waals surface area contributed by atoms with E-state index in [1.165, 1.54) is 11.8 Å². The molecule has 1 N–H and O–H groups in total. The first kappa shape index (κ1) is 16.2. The van der Waals surface area contributed by atoms with Gasteiger partial charge in [-0.25, -0.2) is 0 Å². The average molecular weight is 371 g/mol. The number of hydrogen-bond donors (Lipinski definition) is 1. The molecule has 1 aliphatic heterocycles. The minimum atomic E-state index is -0.393.